The highest BCUT2D eigenvalue weighted by atomic mass is 32.1. The minimum absolute atomic E-state index is 0.282. The van der Waals surface area contributed by atoms with Crippen LogP contribution in [0.2, 0.25) is 0 Å². The number of hydrogen-bond donors (Lipinski definition) is 0. The van der Waals surface area contributed by atoms with E-state index >= 15 is 0 Å². The normalized spacial score (nSPS) is 9.80. The van der Waals surface area contributed by atoms with Crippen LogP contribution in [0.1, 0.15) is 6.92 Å². The van der Waals surface area contributed by atoms with Crippen molar-refractivity contribution in [3.63, 3.8) is 0 Å². The van der Waals surface area contributed by atoms with Crippen molar-refractivity contribution in [2.45, 2.75) is 13.5 Å². The van der Waals surface area contributed by atoms with Crippen molar-refractivity contribution in [3.05, 3.63) is 28.8 Å². The first kappa shape index (κ1) is 7.41. The van der Waals surface area contributed by atoms with Crippen LogP contribution in [0.15, 0.2) is 18.5 Å². The molecule has 0 aromatic carbocycles. The average Bonchev–Trinajstić information content (AvgIpc) is 1.95. The summed E-state index contributed by atoms with van der Waals surface area (Å²) < 4.78 is 14.7. The van der Waals surface area contributed by atoms with Gasteiger partial charge in [0.05, 0.1) is 4.51 Å². The lowest BCUT2D eigenvalue weighted by Crippen LogP contribution is -1.94. The molecule has 0 N–H and O–H groups in total. The molecule has 1 heterocycles. The summed E-state index contributed by atoms with van der Waals surface area (Å²) in [5, 5.41) is 0. The highest BCUT2D eigenvalue weighted by Crippen LogP contribution is 1.99. The van der Waals surface area contributed by atoms with Crippen LogP contribution in [0.3, 0.4) is 0 Å². The Hall–Kier alpha value is -0.700. The van der Waals surface area contributed by atoms with Gasteiger partial charge in [-0.1, -0.05) is 12.2 Å². The molecule has 0 bridgehead atoms. The Bertz CT molecular complexity index is 279. The molecule has 0 aliphatic carbocycles. The van der Waals surface area contributed by atoms with Crippen molar-refractivity contribution in [1.82, 2.24) is 4.57 Å². The van der Waals surface area contributed by atoms with E-state index in [1.54, 1.807) is 16.8 Å². The molecule has 0 aliphatic rings. The van der Waals surface area contributed by atoms with E-state index < -0.39 is 0 Å². The third-order valence-corrected chi connectivity index (χ3v) is 1.63. The molecule has 0 fully saturated rings. The maximum atomic E-state index is 12.6. The van der Waals surface area contributed by atoms with Gasteiger partial charge in [-0.2, -0.15) is 0 Å². The van der Waals surface area contributed by atoms with E-state index in [9.17, 15) is 4.39 Å². The Morgan fingerprint density at radius 3 is 2.90 bits per heavy atom. The Morgan fingerprint density at radius 2 is 2.40 bits per heavy atom. The van der Waals surface area contributed by atoms with Crippen LogP contribution in [0.25, 0.3) is 0 Å². The number of pyridine rings is 1. The monoisotopic (exact) mass is 157 g/mol. The van der Waals surface area contributed by atoms with Gasteiger partial charge in [-0.3, -0.25) is 0 Å². The van der Waals surface area contributed by atoms with Gasteiger partial charge >= 0.3 is 0 Å². The van der Waals surface area contributed by atoms with E-state index in [4.69, 9.17) is 0 Å². The number of rotatable bonds is 1. The van der Waals surface area contributed by atoms with E-state index in [2.05, 4.69) is 12.2 Å². The molecule has 0 saturated heterocycles. The molecular weight excluding hydrogens is 149 g/mol. The van der Waals surface area contributed by atoms with E-state index in [0.717, 1.165) is 6.54 Å². The van der Waals surface area contributed by atoms with Gasteiger partial charge in [0.25, 0.3) is 0 Å². The number of aromatic nitrogens is 1. The minimum Gasteiger partial charge on any atom is -0.352 e. The topological polar surface area (TPSA) is 4.93 Å². The second kappa shape index (κ2) is 2.92. The van der Waals surface area contributed by atoms with Crippen LogP contribution in [0.5, 0.6) is 0 Å². The minimum atomic E-state index is -0.320. The van der Waals surface area contributed by atoms with Crippen LogP contribution in [-0.2, 0) is 6.54 Å². The first-order chi connectivity index (χ1) is 4.74. The third kappa shape index (κ3) is 1.42. The number of nitrogens with zero attached hydrogens (tertiary/aromatic N) is 1. The van der Waals surface area contributed by atoms with E-state index in [1.165, 1.54) is 6.20 Å². The van der Waals surface area contributed by atoms with Crippen LogP contribution >= 0.6 is 12.2 Å². The summed E-state index contributed by atoms with van der Waals surface area (Å²) in [7, 11) is 0. The zero-order valence-corrected chi connectivity index (χ0v) is 6.49. The zero-order valence-electron chi connectivity index (χ0n) is 5.67. The van der Waals surface area contributed by atoms with Crippen LogP contribution in [0.4, 0.5) is 4.39 Å². The molecule has 0 amide bonds. The Kier molecular flexibility index (Phi) is 2.17. The average molecular weight is 157 g/mol. The summed E-state index contributed by atoms with van der Waals surface area (Å²) in [5.41, 5.74) is 0. The molecule has 1 rings (SSSR count). The lowest BCUT2D eigenvalue weighted by Gasteiger charge is -1.99. The fourth-order valence-corrected chi connectivity index (χ4v) is 0.806. The predicted molar refractivity (Wildman–Crippen MR) is 40.9 cm³/mol. The number of hydrogen-bond acceptors (Lipinski definition) is 1. The van der Waals surface area contributed by atoms with Crippen molar-refractivity contribution < 1.29 is 4.39 Å². The summed E-state index contributed by atoms with van der Waals surface area (Å²) >= 11 is 4.67. The molecule has 54 valence electrons. The molecule has 0 radical (unpaired) electrons. The standard InChI is InChI=1S/C7H8FNS/c1-2-9-4-3-7(10)6(8)5-9/h3-5H,2H2,1H3. The molecule has 10 heavy (non-hydrogen) atoms. The molecule has 0 spiro atoms. The second-order valence-corrected chi connectivity index (χ2v) is 2.43. The number of halogens is 1. The van der Waals surface area contributed by atoms with Crippen LogP contribution in [-0.4, -0.2) is 4.57 Å². The highest BCUT2D eigenvalue weighted by molar-refractivity contribution is 7.71. The smallest absolute Gasteiger partial charge is 0.157 e. The Balaban J connectivity index is 3.17. The Morgan fingerprint density at radius 1 is 1.70 bits per heavy atom. The van der Waals surface area contributed by atoms with Gasteiger partial charge in [-0.15, -0.1) is 0 Å². The van der Waals surface area contributed by atoms with Gasteiger partial charge in [0.1, 0.15) is 0 Å². The maximum Gasteiger partial charge on any atom is 0.157 e. The Labute approximate surface area is 64.1 Å². The van der Waals surface area contributed by atoms with Crippen molar-refractivity contribution in [2.24, 2.45) is 0 Å². The zero-order chi connectivity index (χ0) is 7.56. The third-order valence-electron chi connectivity index (χ3n) is 1.30. The van der Waals surface area contributed by atoms with Gasteiger partial charge in [0.2, 0.25) is 0 Å². The van der Waals surface area contributed by atoms with Gasteiger partial charge in [-0.25, -0.2) is 4.39 Å². The quantitative estimate of drug-likeness (QED) is 0.566. The second-order valence-electron chi connectivity index (χ2n) is 1.99. The van der Waals surface area contributed by atoms with Crippen LogP contribution in [0, 0.1) is 10.3 Å². The summed E-state index contributed by atoms with van der Waals surface area (Å²) in [5.74, 6) is -0.320. The van der Waals surface area contributed by atoms with Gasteiger partial charge < -0.3 is 4.57 Å². The molecule has 1 nitrogen and oxygen atoms in total. The molecule has 0 saturated carbocycles. The molecular formula is C7H8FNS. The van der Waals surface area contributed by atoms with Crippen molar-refractivity contribution in [1.29, 1.82) is 0 Å². The van der Waals surface area contributed by atoms with Gasteiger partial charge in [0, 0.05) is 18.9 Å². The SMILES string of the molecule is CCn1ccc(=S)c(F)c1. The molecule has 0 atom stereocenters. The first-order valence-corrected chi connectivity index (χ1v) is 3.50. The molecule has 0 unspecified atom stereocenters. The summed E-state index contributed by atoms with van der Waals surface area (Å²) in [6.45, 7) is 2.72. The first-order valence-electron chi connectivity index (χ1n) is 3.09. The van der Waals surface area contributed by atoms with Crippen LogP contribution < -0.4 is 0 Å². The summed E-state index contributed by atoms with van der Waals surface area (Å²) in [6, 6.07) is 1.59. The fourth-order valence-electron chi connectivity index (χ4n) is 0.692. The predicted octanol–water partition coefficient (Wildman–Crippen LogP) is 2.38. The fraction of sp³-hybridized carbons (Fsp3) is 0.286. The van der Waals surface area contributed by atoms with E-state index in [-0.39, 0.29) is 10.3 Å². The molecule has 0 aliphatic heterocycles. The summed E-state index contributed by atoms with van der Waals surface area (Å²) in [6.07, 6.45) is 3.17. The molecule has 1 aromatic rings. The lowest BCUT2D eigenvalue weighted by atomic mass is 10.4. The van der Waals surface area contributed by atoms with Gasteiger partial charge in [0.15, 0.2) is 5.82 Å². The summed E-state index contributed by atoms with van der Waals surface area (Å²) in [4.78, 5) is 0. The van der Waals surface area contributed by atoms with Crippen molar-refractivity contribution in [2.75, 3.05) is 0 Å². The lowest BCUT2D eigenvalue weighted by molar-refractivity contribution is 0.593. The van der Waals surface area contributed by atoms with Crippen molar-refractivity contribution >= 4 is 12.2 Å². The highest BCUT2D eigenvalue weighted by Gasteiger charge is 1.91. The molecule has 3 heteroatoms. The number of aryl methyl sites for hydroxylation is 1. The molecule has 1 aromatic heterocycles. The largest absolute Gasteiger partial charge is 0.352 e. The van der Waals surface area contributed by atoms with Gasteiger partial charge in [-0.05, 0) is 13.0 Å². The van der Waals surface area contributed by atoms with Crippen molar-refractivity contribution in [3.8, 4) is 0 Å². The van der Waals surface area contributed by atoms with E-state index in [0.29, 0.717) is 0 Å². The maximum absolute atomic E-state index is 12.6. The van der Waals surface area contributed by atoms with E-state index in [1.807, 2.05) is 6.92 Å².